The zero-order valence-electron chi connectivity index (χ0n) is 11.1. The van der Waals surface area contributed by atoms with Crippen molar-refractivity contribution in [3.63, 3.8) is 0 Å². The Morgan fingerprint density at radius 3 is 2.53 bits per heavy atom. The molecule has 2 rings (SSSR count). The fourth-order valence-corrected chi connectivity index (χ4v) is 2.59. The van der Waals surface area contributed by atoms with Gasteiger partial charge in [0.15, 0.2) is 0 Å². The molecular weight excluding hydrogens is 242 g/mol. The van der Waals surface area contributed by atoms with Crippen LogP contribution in [0, 0.1) is 12.8 Å². The van der Waals surface area contributed by atoms with Crippen molar-refractivity contribution in [2.45, 2.75) is 39.0 Å². The number of carbonyl (C=O) groups is 2. The molecule has 1 N–H and O–H groups in total. The van der Waals surface area contributed by atoms with Crippen molar-refractivity contribution in [3.8, 4) is 0 Å². The molecule has 0 atom stereocenters. The third kappa shape index (κ3) is 3.13. The molecular formula is C15H18NO3-. The molecule has 0 unspecified atom stereocenters. The molecule has 1 amide bonds. The minimum atomic E-state index is -1.22. The van der Waals surface area contributed by atoms with Gasteiger partial charge in [0, 0.05) is 17.2 Å². The molecule has 102 valence electrons. The van der Waals surface area contributed by atoms with Gasteiger partial charge in [-0.2, -0.15) is 0 Å². The highest BCUT2D eigenvalue weighted by Crippen LogP contribution is 2.26. The molecule has 0 radical (unpaired) electrons. The van der Waals surface area contributed by atoms with Crippen LogP contribution in [0.15, 0.2) is 18.2 Å². The number of aromatic carboxylic acids is 1. The van der Waals surface area contributed by atoms with Gasteiger partial charge in [-0.25, -0.2) is 0 Å². The average molecular weight is 260 g/mol. The van der Waals surface area contributed by atoms with E-state index >= 15 is 0 Å². The summed E-state index contributed by atoms with van der Waals surface area (Å²) in [6.45, 7) is 1.68. The number of carboxylic acids is 1. The third-order valence-corrected chi connectivity index (χ3v) is 3.79. The molecule has 4 nitrogen and oxygen atoms in total. The molecule has 1 saturated carbocycles. The molecule has 1 fully saturated rings. The lowest BCUT2D eigenvalue weighted by molar-refractivity contribution is -0.255. The van der Waals surface area contributed by atoms with Gasteiger partial charge in [-0.15, -0.1) is 0 Å². The van der Waals surface area contributed by atoms with E-state index in [9.17, 15) is 14.7 Å². The molecule has 0 saturated heterocycles. The molecule has 1 aromatic carbocycles. The number of anilines is 1. The molecule has 0 bridgehead atoms. The summed E-state index contributed by atoms with van der Waals surface area (Å²) >= 11 is 0. The molecule has 1 aliphatic rings. The van der Waals surface area contributed by atoms with Gasteiger partial charge in [-0.3, -0.25) is 4.79 Å². The van der Waals surface area contributed by atoms with E-state index < -0.39 is 5.97 Å². The topological polar surface area (TPSA) is 69.2 Å². The van der Waals surface area contributed by atoms with E-state index in [1.165, 1.54) is 12.5 Å². The van der Waals surface area contributed by atoms with Gasteiger partial charge in [-0.1, -0.05) is 31.4 Å². The molecule has 0 spiro atoms. The standard InChI is InChI=1S/C15H19NO3/c1-10-12(15(18)19)8-5-9-13(10)16-14(17)11-6-3-2-4-7-11/h5,8-9,11H,2-4,6-7H2,1H3,(H,16,17)(H,18,19)/p-1. The highest BCUT2D eigenvalue weighted by atomic mass is 16.4. The average Bonchev–Trinajstić information content (AvgIpc) is 2.41. The van der Waals surface area contributed by atoms with Crippen molar-refractivity contribution in [3.05, 3.63) is 29.3 Å². The molecule has 4 heteroatoms. The lowest BCUT2D eigenvalue weighted by atomic mass is 9.88. The van der Waals surface area contributed by atoms with E-state index in [1.54, 1.807) is 19.1 Å². The van der Waals surface area contributed by atoms with E-state index in [4.69, 9.17) is 0 Å². The molecule has 0 aromatic heterocycles. The Bertz CT molecular complexity index is 490. The molecule has 1 aliphatic carbocycles. The monoisotopic (exact) mass is 260 g/mol. The van der Waals surface area contributed by atoms with Gasteiger partial charge in [0.05, 0.1) is 5.97 Å². The fraction of sp³-hybridized carbons (Fsp3) is 0.467. The Kier molecular flexibility index (Phi) is 4.20. The Hall–Kier alpha value is -1.84. The van der Waals surface area contributed by atoms with Crippen LogP contribution in [0.2, 0.25) is 0 Å². The van der Waals surface area contributed by atoms with Crippen molar-refractivity contribution in [1.82, 2.24) is 0 Å². The maximum atomic E-state index is 12.1. The normalized spacial score (nSPS) is 16.1. The van der Waals surface area contributed by atoms with E-state index in [1.807, 2.05) is 0 Å². The highest BCUT2D eigenvalue weighted by Gasteiger charge is 2.21. The highest BCUT2D eigenvalue weighted by molar-refractivity contribution is 5.96. The van der Waals surface area contributed by atoms with Crippen molar-refractivity contribution in [2.75, 3.05) is 5.32 Å². The van der Waals surface area contributed by atoms with E-state index in [2.05, 4.69) is 5.32 Å². The second-order valence-corrected chi connectivity index (χ2v) is 5.09. The molecule has 0 heterocycles. The minimum Gasteiger partial charge on any atom is -0.545 e. The number of nitrogens with one attached hydrogen (secondary N) is 1. The first-order chi connectivity index (χ1) is 9.09. The van der Waals surface area contributed by atoms with Crippen LogP contribution in [0.1, 0.15) is 48.0 Å². The number of carbonyl (C=O) groups excluding carboxylic acids is 2. The van der Waals surface area contributed by atoms with Crippen molar-refractivity contribution >= 4 is 17.6 Å². The quantitative estimate of drug-likeness (QED) is 0.902. The van der Waals surface area contributed by atoms with Gasteiger partial charge in [0.25, 0.3) is 0 Å². The number of carboxylic acid groups (broad SMARTS) is 1. The predicted molar refractivity (Wildman–Crippen MR) is 70.7 cm³/mol. The molecule has 0 aliphatic heterocycles. The zero-order chi connectivity index (χ0) is 13.8. The second kappa shape index (κ2) is 5.87. The van der Waals surface area contributed by atoms with Gasteiger partial charge >= 0.3 is 0 Å². The van der Waals surface area contributed by atoms with Gasteiger partial charge in [0.2, 0.25) is 5.91 Å². The van der Waals surface area contributed by atoms with Crippen LogP contribution in [0.5, 0.6) is 0 Å². The van der Waals surface area contributed by atoms with Crippen molar-refractivity contribution in [1.29, 1.82) is 0 Å². The number of hydrogen-bond acceptors (Lipinski definition) is 3. The van der Waals surface area contributed by atoms with E-state index in [0.29, 0.717) is 11.3 Å². The Morgan fingerprint density at radius 1 is 1.21 bits per heavy atom. The zero-order valence-corrected chi connectivity index (χ0v) is 11.1. The summed E-state index contributed by atoms with van der Waals surface area (Å²) in [6, 6.07) is 4.83. The maximum Gasteiger partial charge on any atom is 0.227 e. The maximum absolute atomic E-state index is 12.1. The predicted octanol–water partition coefficient (Wildman–Crippen LogP) is 1.88. The van der Waals surface area contributed by atoms with Gasteiger partial charge in [-0.05, 0) is 31.4 Å². The van der Waals surface area contributed by atoms with Crippen LogP contribution in [-0.2, 0) is 4.79 Å². The SMILES string of the molecule is Cc1c(NC(=O)C2CCCCC2)cccc1C(=O)[O-]. The van der Waals surface area contributed by atoms with Crippen LogP contribution in [0.3, 0.4) is 0 Å². The van der Waals surface area contributed by atoms with Crippen LogP contribution >= 0.6 is 0 Å². The Labute approximate surface area is 112 Å². The van der Waals surface area contributed by atoms with E-state index in [-0.39, 0.29) is 17.4 Å². The third-order valence-electron chi connectivity index (χ3n) is 3.79. The van der Waals surface area contributed by atoms with Crippen LogP contribution in [-0.4, -0.2) is 11.9 Å². The smallest absolute Gasteiger partial charge is 0.227 e. The summed E-state index contributed by atoms with van der Waals surface area (Å²) in [6.07, 6.45) is 5.23. The van der Waals surface area contributed by atoms with Gasteiger partial charge in [0.1, 0.15) is 0 Å². The number of benzene rings is 1. The largest absolute Gasteiger partial charge is 0.545 e. The molecule has 1 aromatic rings. The van der Waals surface area contributed by atoms with Gasteiger partial charge < -0.3 is 15.2 Å². The first-order valence-corrected chi connectivity index (χ1v) is 6.71. The summed E-state index contributed by atoms with van der Waals surface area (Å²) in [5.74, 6) is -1.16. The summed E-state index contributed by atoms with van der Waals surface area (Å²) in [5.41, 5.74) is 1.24. The van der Waals surface area contributed by atoms with Crippen molar-refractivity contribution in [2.24, 2.45) is 5.92 Å². The van der Waals surface area contributed by atoms with Crippen LogP contribution in [0.25, 0.3) is 0 Å². The summed E-state index contributed by atoms with van der Waals surface area (Å²) in [4.78, 5) is 23.1. The Balaban J connectivity index is 2.12. The number of amides is 1. The summed E-state index contributed by atoms with van der Waals surface area (Å²) < 4.78 is 0. The first kappa shape index (κ1) is 13.6. The Morgan fingerprint density at radius 2 is 1.89 bits per heavy atom. The second-order valence-electron chi connectivity index (χ2n) is 5.09. The number of hydrogen-bond donors (Lipinski definition) is 1. The fourth-order valence-electron chi connectivity index (χ4n) is 2.59. The number of rotatable bonds is 3. The lowest BCUT2D eigenvalue weighted by Gasteiger charge is -2.21. The minimum absolute atomic E-state index is 0.00158. The van der Waals surface area contributed by atoms with Crippen molar-refractivity contribution < 1.29 is 14.7 Å². The van der Waals surface area contributed by atoms with Crippen LogP contribution < -0.4 is 10.4 Å². The van der Waals surface area contributed by atoms with Crippen LogP contribution in [0.4, 0.5) is 5.69 Å². The molecule has 19 heavy (non-hydrogen) atoms. The summed E-state index contributed by atoms with van der Waals surface area (Å²) in [7, 11) is 0. The lowest BCUT2D eigenvalue weighted by Crippen LogP contribution is -2.26. The first-order valence-electron chi connectivity index (χ1n) is 6.71. The summed E-state index contributed by atoms with van der Waals surface area (Å²) in [5, 5.41) is 13.8. The van der Waals surface area contributed by atoms with E-state index in [0.717, 1.165) is 25.7 Å².